The van der Waals surface area contributed by atoms with Gasteiger partial charge in [-0.15, -0.1) is 0 Å². The normalized spacial score (nSPS) is 16.2. The lowest BCUT2D eigenvalue weighted by Gasteiger charge is -2.39. The van der Waals surface area contributed by atoms with E-state index in [1.165, 1.54) is 5.56 Å². The molecule has 6 nitrogen and oxygen atoms in total. The van der Waals surface area contributed by atoms with Crippen molar-refractivity contribution in [3.63, 3.8) is 0 Å². The van der Waals surface area contributed by atoms with Gasteiger partial charge >= 0.3 is 5.97 Å². The van der Waals surface area contributed by atoms with E-state index < -0.39 is 5.97 Å². The van der Waals surface area contributed by atoms with Crippen molar-refractivity contribution < 1.29 is 19.4 Å². The number of fused-ring (bicyclic) bond motifs is 5. The second-order valence-electron chi connectivity index (χ2n) is 12.7. The molecule has 0 bridgehead atoms. The van der Waals surface area contributed by atoms with Crippen LogP contribution < -0.4 is 9.04 Å². The van der Waals surface area contributed by atoms with Gasteiger partial charge in [-0.05, 0) is 90.8 Å². The molecule has 0 atom stereocenters. The molecule has 4 aromatic carbocycles. The van der Waals surface area contributed by atoms with Crippen LogP contribution in [-0.4, -0.2) is 47.8 Å². The fourth-order valence-corrected chi connectivity index (χ4v) is 8.38. The van der Waals surface area contributed by atoms with E-state index in [9.17, 15) is 14.7 Å². The molecule has 1 saturated heterocycles. The van der Waals surface area contributed by atoms with Crippen molar-refractivity contribution in [1.82, 2.24) is 4.90 Å². The second-order valence-corrected chi connectivity index (χ2v) is 13.5. The number of carboxylic acid groups (broad SMARTS) is 1. The van der Waals surface area contributed by atoms with Crippen molar-refractivity contribution in [3.8, 4) is 28.0 Å². The van der Waals surface area contributed by atoms with Crippen molar-refractivity contribution >= 4 is 29.5 Å². The average molecular weight is 619 g/mol. The Morgan fingerprint density at radius 1 is 0.933 bits per heavy atom. The van der Waals surface area contributed by atoms with Gasteiger partial charge in [0.05, 0.1) is 25.3 Å². The lowest BCUT2D eigenvalue weighted by molar-refractivity contribution is -0.136. The predicted octanol–water partition coefficient (Wildman–Crippen LogP) is 7.74. The summed E-state index contributed by atoms with van der Waals surface area (Å²) in [6.45, 7) is 8.96. The molecule has 0 aromatic heterocycles. The van der Waals surface area contributed by atoms with Crippen molar-refractivity contribution in [3.05, 3.63) is 106 Å². The number of aryl methyl sites for hydroxylation is 1. The Balaban J connectivity index is 1.28. The molecule has 230 valence electrons. The zero-order chi connectivity index (χ0) is 31.5. The minimum Gasteiger partial charge on any atom is -0.492 e. The third-order valence-corrected chi connectivity index (χ3v) is 10.9. The van der Waals surface area contributed by atoms with Crippen molar-refractivity contribution in [2.24, 2.45) is 0 Å². The highest BCUT2D eigenvalue weighted by molar-refractivity contribution is 7.99. The van der Waals surface area contributed by atoms with Gasteiger partial charge in [-0.25, -0.2) is 0 Å². The first-order valence-electron chi connectivity index (χ1n) is 15.6. The summed E-state index contributed by atoms with van der Waals surface area (Å²) in [5.41, 5.74) is 12.3. The molecule has 1 N–H and O–H groups in total. The van der Waals surface area contributed by atoms with Gasteiger partial charge in [0.25, 0.3) is 5.91 Å². The summed E-state index contributed by atoms with van der Waals surface area (Å²) in [6.07, 6.45) is 3.78. The number of aliphatic carboxylic acids is 1. The van der Waals surface area contributed by atoms with E-state index >= 15 is 0 Å². The molecule has 7 heteroatoms. The molecule has 3 aliphatic heterocycles. The number of benzene rings is 4. The standard InChI is InChI=1S/C38H38N2O4S/c1-23-9-11-26(12-10-23)34-25(3)35-30-19-27(13-14-28(30)21-40(45-4)36(35)24(2)29(34)20-33(41)42)37(43)39-17-15-38(16-18-39)22-44-32-8-6-5-7-31(32)38/h5-14,19H,15-18,20-22H2,1-4H3,(H,41,42). The SMILES string of the molecule is CSN1Cc2ccc(C(=O)N3CCC4(CC3)COc3ccccc34)cc2-c2c(C)c(-c3ccc(C)cc3)c(CC(=O)O)c(C)c21. The Labute approximate surface area is 269 Å². The molecule has 4 aromatic rings. The van der Waals surface area contributed by atoms with Crippen molar-refractivity contribution in [1.29, 1.82) is 0 Å². The number of carbonyl (C=O) groups excluding carboxylic acids is 1. The lowest BCUT2D eigenvalue weighted by atomic mass is 9.74. The number of anilines is 1. The number of piperidine rings is 1. The second kappa shape index (κ2) is 11.3. The van der Waals surface area contributed by atoms with Gasteiger partial charge in [0, 0.05) is 41.5 Å². The molecule has 0 unspecified atom stereocenters. The van der Waals surface area contributed by atoms with Gasteiger partial charge in [0.1, 0.15) is 5.75 Å². The molecule has 7 rings (SSSR count). The summed E-state index contributed by atoms with van der Waals surface area (Å²) in [6, 6.07) is 22.8. The molecule has 3 aliphatic rings. The molecule has 3 heterocycles. The minimum atomic E-state index is -0.846. The highest BCUT2D eigenvalue weighted by Crippen LogP contribution is 2.51. The summed E-state index contributed by atoms with van der Waals surface area (Å²) in [5, 5.41) is 9.95. The molecular formula is C38H38N2O4S. The Kier molecular flexibility index (Phi) is 7.40. The number of hydrogen-bond donors (Lipinski definition) is 1. The number of likely N-dealkylation sites (tertiary alicyclic amines) is 1. The molecule has 1 spiro atoms. The van der Waals surface area contributed by atoms with Crippen molar-refractivity contribution in [2.75, 3.05) is 30.3 Å². The Hall–Kier alpha value is -4.23. The first-order chi connectivity index (χ1) is 21.7. The quantitative estimate of drug-likeness (QED) is 0.231. The Morgan fingerprint density at radius 2 is 1.67 bits per heavy atom. The smallest absolute Gasteiger partial charge is 0.307 e. The van der Waals surface area contributed by atoms with E-state index in [2.05, 4.69) is 72.9 Å². The van der Waals surface area contributed by atoms with Crippen LogP contribution in [0.3, 0.4) is 0 Å². The number of carboxylic acids is 1. The lowest BCUT2D eigenvalue weighted by Crippen LogP contribution is -2.46. The zero-order valence-electron chi connectivity index (χ0n) is 26.3. The summed E-state index contributed by atoms with van der Waals surface area (Å²) in [5.74, 6) is 0.193. The van der Waals surface area contributed by atoms with Gasteiger partial charge in [-0.2, -0.15) is 0 Å². The number of amides is 1. The van der Waals surface area contributed by atoms with Crippen LogP contribution in [0.25, 0.3) is 22.3 Å². The number of ether oxygens (including phenoxy) is 1. The van der Waals surface area contributed by atoms with Gasteiger partial charge in [0.2, 0.25) is 0 Å². The fraction of sp³-hybridized carbons (Fsp3) is 0.316. The van der Waals surface area contributed by atoms with E-state index in [0.717, 1.165) is 74.3 Å². The zero-order valence-corrected chi connectivity index (χ0v) is 27.1. The van der Waals surface area contributed by atoms with Crippen LogP contribution in [0.15, 0.2) is 66.7 Å². The van der Waals surface area contributed by atoms with Crippen LogP contribution in [0.5, 0.6) is 5.75 Å². The first kappa shape index (κ1) is 29.5. The van der Waals surface area contributed by atoms with Crippen LogP contribution in [0.1, 0.15) is 56.6 Å². The molecule has 0 radical (unpaired) electrons. The summed E-state index contributed by atoms with van der Waals surface area (Å²) >= 11 is 1.64. The van der Waals surface area contributed by atoms with Crippen LogP contribution in [0.2, 0.25) is 0 Å². The maximum absolute atomic E-state index is 14.0. The summed E-state index contributed by atoms with van der Waals surface area (Å²) in [4.78, 5) is 28.2. The predicted molar refractivity (Wildman–Crippen MR) is 181 cm³/mol. The van der Waals surface area contributed by atoms with Gasteiger partial charge in [0.15, 0.2) is 0 Å². The van der Waals surface area contributed by atoms with E-state index in [1.807, 2.05) is 30.0 Å². The molecular weight excluding hydrogens is 580 g/mol. The van der Waals surface area contributed by atoms with E-state index in [1.54, 1.807) is 11.9 Å². The Morgan fingerprint density at radius 3 is 2.38 bits per heavy atom. The average Bonchev–Trinajstić information content (AvgIpc) is 3.40. The van der Waals surface area contributed by atoms with Gasteiger partial charge < -0.3 is 19.0 Å². The third kappa shape index (κ3) is 4.88. The number of rotatable bonds is 5. The third-order valence-electron chi connectivity index (χ3n) is 10.1. The Bertz CT molecular complexity index is 1840. The first-order valence-corrected chi connectivity index (χ1v) is 16.8. The maximum atomic E-state index is 14.0. The monoisotopic (exact) mass is 618 g/mol. The number of hydrogen-bond acceptors (Lipinski definition) is 5. The van der Waals surface area contributed by atoms with Crippen LogP contribution in [-0.2, 0) is 23.2 Å². The highest BCUT2D eigenvalue weighted by atomic mass is 32.2. The van der Waals surface area contributed by atoms with Gasteiger partial charge in [-0.3, -0.25) is 9.59 Å². The van der Waals surface area contributed by atoms with E-state index in [0.29, 0.717) is 31.8 Å². The largest absolute Gasteiger partial charge is 0.492 e. The minimum absolute atomic E-state index is 0.0158. The number of para-hydroxylation sites is 1. The summed E-state index contributed by atoms with van der Waals surface area (Å²) in [7, 11) is 0. The number of carbonyl (C=O) groups is 2. The fourth-order valence-electron chi connectivity index (χ4n) is 7.70. The highest BCUT2D eigenvalue weighted by Gasteiger charge is 2.43. The molecule has 0 aliphatic carbocycles. The summed E-state index contributed by atoms with van der Waals surface area (Å²) < 4.78 is 8.30. The molecule has 45 heavy (non-hydrogen) atoms. The van der Waals surface area contributed by atoms with E-state index in [4.69, 9.17) is 4.74 Å². The topological polar surface area (TPSA) is 70.1 Å². The molecule has 1 fully saturated rings. The van der Waals surface area contributed by atoms with Crippen molar-refractivity contribution in [2.45, 2.75) is 52.0 Å². The maximum Gasteiger partial charge on any atom is 0.307 e. The van der Waals surface area contributed by atoms with Crippen LogP contribution >= 0.6 is 11.9 Å². The molecule has 0 saturated carbocycles. The van der Waals surface area contributed by atoms with E-state index in [-0.39, 0.29) is 17.7 Å². The molecule has 1 amide bonds. The van der Waals surface area contributed by atoms with Gasteiger partial charge in [-0.1, -0.05) is 66.0 Å². The number of nitrogens with zero attached hydrogens (tertiary/aromatic N) is 2. The van der Waals surface area contributed by atoms with Crippen LogP contribution in [0, 0.1) is 20.8 Å². The van der Waals surface area contributed by atoms with Crippen LogP contribution in [0.4, 0.5) is 5.69 Å².